The Bertz CT molecular complexity index is 112. The summed E-state index contributed by atoms with van der Waals surface area (Å²) in [6.45, 7) is 10.1. The zero-order valence-corrected chi connectivity index (χ0v) is 7.16. The molecule has 0 aromatic carbocycles. The predicted octanol–water partition coefficient (Wildman–Crippen LogP) is 3.42. The van der Waals surface area contributed by atoms with E-state index in [1.807, 2.05) is 5.41 Å². The van der Waals surface area contributed by atoms with Crippen molar-refractivity contribution in [2.45, 2.75) is 20.8 Å². The summed E-state index contributed by atoms with van der Waals surface area (Å²) in [5.74, 6) is 0.664. The molecule has 1 heteroatoms. The molecule has 0 saturated heterocycles. The molecule has 0 aliphatic carbocycles. The van der Waals surface area contributed by atoms with Crippen LogP contribution in [0.3, 0.4) is 0 Å². The van der Waals surface area contributed by atoms with Crippen LogP contribution in [0.2, 0.25) is 0 Å². The van der Waals surface area contributed by atoms with Gasteiger partial charge in [0.25, 0.3) is 0 Å². The van der Waals surface area contributed by atoms with Crippen LogP contribution in [0.1, 0.15) is 20.8 Å². The Morgan fingerprint density at radius 3 is 2.44 bits per heavy atom. The molecule has 0 N–H and O–H groups in total. The molecule has 0 aromatic rings. The van der Waals surface area contributed by atoms with E-state index < -0.39 is 0 Å². The van der Waals surface area contributed by atoms with Crippen molar-refractivity contribution in [2.75, 3.05) is 0 Å². The molecule has 52 valence electrons. The molecule has 0 nitrogen and oxygen atoms in total. The van der Waals surface area contributed by atoms with Gasteiger partial charge < -0.3 is 0 Å². The van der Waals surface area contributed by atoms with Crippen molar-refractivity contribution in [1.82, 2.24) is 0 Å². The Morgan fingerprint density at radius 1 is 1.56 bits per heavy atom. The largest absolute Gasteiger partial charge is 0.107 e. The van der Waals surface area contributed by atoms with Gasteiger partial charge in [0.15, 0.2) is 0 Å². The van der Waals surface area contributed by atoms with Crippen molar-refractivity contribution in [3.8, 4) is 0 Å². The fraction of sp³-hybridized carbons (Fsp3) is 0.500. The molecular formula is C8H14S. The van der Waals surface area contributed by atoms with E-state index in [2.05, 4.69) is 32.8 Å². The Morgan fingerprint density at radius 2 is 2.11 bits per heavy atom. The first-order valence-electron chi connectivity index (χ1n) is 3.11. The smallest absolute Gasteiger partial charge is 0.0255 e. The lowest BCUT2D eigenvalue weighted by Crippen LogP contribution is -1.85. The molecule has 0 aliphatic heterocycles. The summed E-state index contributed by atoms with van der Waals surface area (Å²) in [6.07, 6.45) is 0. The summed E-state index contributed by atoms with van der Waals surface area (Å²) < 4.78 is 0. The highest BCUT2D eigenvalue weighted by Crippen LogP contribution is 2.13. The monoisotopic (exact) mass is 142 g/mol. The molecule has 0 heterocycles. The van der Waals surface area contributed by atoms with Crippen molar-refractivity contribution >= 4 is 11.8 Å². The van der Waals surface area contributed by atoms with Crippen LogP contribution in [-0.2, 0) is 0 Å². The minimum Gasteiger partial charge on any atom is -0.107 e. The summed E-state index contributed by atoms with van der Waals surface area (Å²) in [6, 6.07) is 0. The highest BCUT2D eigenvalue weighted by molar-refractivity contribution is 8.04. The first-order chi connectivity index (χ1) is 4.18. The predicted molar refractivity (Wildman–Crippen MR) is 46.4 cm³/mol. The van der Waals surface area contributed by atoms with Crippen molar-refractivity contribution in [2.24, 2.45) is 5.92 Å². The van der Waals surface area contributed by atoms with Crippen LogP contribution in [0.5, 0.6) is 0 Å². The molecule has 0 unspecified atom stereocenters. The Hall–Kier alpha value is -0.170. The van der Waals surface area contributed by atoms with E-state index in [-0.39, 0.29) is 0 Å². The first-order valence-corrected chi connectivity index (χ1v) is 4.05. The third kappa shape index (κ3) is 4.34. The molecule has 0 fully saturated rings. The van der Waals surface area contributed by atoms with E-state index in [0.717, 1.165) is 0 Å². The van der Waals surface area contributed by atoms with E-state index in [1.54, 1.807) is 11.8 Å². The lowest BCUT2D eigenvalue weighted by molar-refractivity contribution is 0.772. The molecule has 9 heavy (non-hydrogen) atoms. The Labute approximate surface area is 62.0 Å². The highest BCUT2D eigenvalue weighted by Gasteiger charge is 1.92. The average molecular weight is 142 g/mol. The summed E-state index contributed by atoms with van der Waals surface area (Å²) in [4.78, 5) is 0. The van der Waals surface area contributed by atoms with Crippen molar-refractivity contribution in [3.63, 3.8) is 0 Å². The average Bonchev–Trinajstić information content (AvgIpc) is 1.82. The van der Waals surface area contributed by atoms with E-state index in [9.17, 15) is 0 Å². The molecule has 0 atom stereocenters. The molecule has 0 saturated carbocycles. The van der Waals surface area contributed by atoms with Crippen LogP contribution in [0.15, 0.2) is 23.0 Å². The van der Waals surface area contributed by atoms with Gasteiger partial charge in [0.05, 0.1) is 0 Å². The second-order valence-electron chi connectivity index (χ2n) is 2.32. The van der Waals surface area contributed by atoms with Crippen molar-refractivity contribution in [1.29, 1.82) is 0 Å². The zero-order valence-electron chi connectivity index (χ0n) is 6.35. The van der Waals surface area contributed by atoms with Crippen LogP contribution < -0.4 is 0 Å². The fourth-order valence-electron chi connectivity index (χ4n) is 0.292. The number of allylic oxidation sites excluding steroid dienone is 1. The third-order valence-electron chi connectivity index (χ3n) is 1.26. The van der Waals surface area contributed by atoms with Crippen LogP contribution in [0, 0.1) is 5.92 Å². The van der Waals surface area contributed by atoms with Gasteiger partial charge in [-0.3, -0.25) is 0 Å². The normalized spacial score (nSPS) is 12.2. The maximum atomic E-state index is 3.61. The van der Waals surface area contributed by atoms with E-state index in [4.69, 9.17) is 0 Å². The first kappa shape index (κ1) is 8.83. The molecule has 0 bridgehead atoms. The number of hydrogen-bond acceptors (Lipinski definition) is 1. The number of hydrogen-bond donors (Lipinski definition) is 0. The van der Waals surface area contributed by atoms with Crippen LogP contribution in [-0.4, -0.2) is 0 Å². The van der Waals surface area contributed by atoms with Crippen LogP contribution in [0.25, 0.3) is 0 Å². The van der Waals surface area contributed by atoms with Gasteiger partial charge in [0, 0.05) is 0 Å². The molecule has 0 aromatic heterocycles. The standard InChI is InChI=1S/C8H14S/c1-5-9-6-8(4)7(2)3/h5-7H,1H2,2-4H3/b8-6+. The molecule has 0 rings (SSSR count). The Kier molecular flexibility index (Phi) is 4.60. The van der Waals surface area contributed by atoms with Crippen molar-refractivity contribution in [3.05, 3.63) is 23.0 Å². The molecular weight excluding hydrogens is 128 g/mol. The molecule has 0 aliphatic rings. The zero-order chi connectivity index (χ0) is 7.28. The van der Waals surface area contributed by atoms with Gasteiger partial charge in [-0.25, -0.2) is 0 Å². The second kappa shape index (κ2) is 4.68. The summed E-state index contributed by atoms with van der Waals surface area (Å²) in [5.41, 5.74) is 1.42. The minimum absolute atomic E-state index is 0.664. The highest BCUT2D eigenvalue weighted by atomic mass is 32.2. The van der Waals surface area contributed by atoms with Gasteiger partial charge in [-0.15, -0.1) is 11.8 Å². The van der Waals surface area contributed by atoms with Gasteiger partial charge in [-0.1, -0.05) is 26.0 Å². The van der Waals surface area contributed by atoms with E-state index >= 15 is 0 Å². The SMILES string of the molecule is C=CS/C=C(\C)C(C)C. The maximum Gasteiger partial charge on any atom is -0.0255 e. The van der Waals surface area contributed by atoms with E-state index in [0.29, 0.717) is 5.92 Å². The topological polar surface area (TPSA) is 0 Å². The second-order valence-corrected chi connectivity index (χ2v) is 3.16. The Balaban J connectivity index is 3.68. The minimum atomic E-state index is 0.664. The number of thioether (sulfide) groups is 1. The molecule has 0 amide bonds. The van der Waals surface area contributed by atoms with Crippen molar-refractivity contribution < 1.29 is 0 Å². The number of rotatable bonds is 3. The van der Waals surface area contributed by atoms with Gasteiger partial charge >= 0.3 is 0 Å². The summed E-state index contributed by atoms with van der Waals surface area (Å²) in [7, 11) is 0. The quantitative estimate of drug-likeness (QED) is 0.582. The lowest BCUT2D eigenvalue weighted by atomic mass is 10.1. The van der Waals surface area contributed by atoms with Gasteiger partial charge in [-0.05, 0) is 23.7 Å². The van der Waals surface area contributed by atoms with Gasteiger partial charge in [-0.2, -0.15) is 0 Å². The fourth-order valence-corrected chi connectivity index (χ4v) is 0.875. The third-order valence-corrected chi connectivity index (χ3v) is 1.96. The summed E-state index contributed by atoms with van der Waals surface area (Å²) in [5, 5.41) is 3.98. The summed E-state index contributed by atoms with van der Waals surface area (Å²) >= 11 is 1.65. The lowest BCUT2D eigenvalue weighted by Gasteiger charge is -2.01. The molecule has 0 radical (unpaired) electrons. The van der Waals surface area contributed by atoms with Gasteiger partial charge in [0.2, 0.25) is 0 Å². The van der Waals surface area contributed by atoms with Crippen LogP contribution in [0.4, 0.5) is 0 Å². The molecule has 0 spiro atoms. The van der Waals surface area contributed by atoms with Gasteiger partial charge in [0.1, 0.15) is 0 Å². The van der Waals surface area contributed by atoms with Crippen LogP contribution >= 0.6 is 11.8 Å². The maximum absolute atomic E-state index is 3.61. The van der Waals surface area contributed by atoms with E-state index in [1.165, 1.54) is 5.57 Å².